The van der Waals surface area contributed by atoms with Gasteiger partial charge in [-0.1, -0.05) is 36.7 Å². The van der Waals surface area contributed by atoms with Crippen LogP contribution >= 0.6 is 0 Å². The van der Waals surface area contributed by atoms with Crippen LogP contribution in [0.1, 0.15) is 31.2 Å². The van der Waals surface area contributed by atoms with E-state index < -0.39 is 0 Å². The molecule has 2 heterocycles. The molecule has 0 bridgehead atoms. The number of hydrogen-bond donors (Lipinski definition) is 1. The van der Waals surface area contributed by atoms with E-state index in [1.807, 2.05) is 50.2 Å². The van der Waals surface area contributed by atoms with Crippen molar-refractivity contribution in [2.75, 3.05) is 12.4 Å². The monoisotopic (exact) mass is 374 g/mol. The number of benzene rings is 2. The summed E-state index contributed by atoms with van der Waals surface area (Å²) in [5, 5.41) is 8.59. The van der Waals surface area contributed by atoms with Crippen molar-refractivity contribution in [1.29, 1.82) is 0 Å². The second-order valence-corrected chi connectivity index (χ2v) is 7.05. The molecule has 142 valence electrons. The Morgan fingerprint density at radius 1 is 1.04 bits per heavy atom. The van der Waals surface area contributed by atoms with Crippen LogP contribution in [0.15, 0.2) is 53.1 Å². The molecule has 4 aromatic rings. The third kappa shape index (κ3) is 3.53. The number of nitrogens with zero attached hydrogens (tertiary/aromatic N) is 3. The van der Waals surface area contributed by atoms with Crippen molar-refractivity contribution in [3.05, 3.63) is 60.0 Å². The molecule has 0 aliphatic heterocycles. The molecule has 0 radical (unpaired) electrons. The van der Waals surface area contributed by atoms with Gasteiger partial charge in [0.05, 0.1) is 18.2 Å². The average Bonchev–Trinajstić information content (AvgIpc) is 3.18. The van der Waals surface area contributed by atoms with Crippen LogP contribution in [0.25, 0.3) is 22.3 Å². The lowest BCUT2D eigenvalue weighted by molar-refractivity contribution is 0.365. The summed E-state index contributed by atoms with van der Waals surface area (Å²) in [6, 6.07) is 15.9. The van der Waals surface area contributed by atoms with Crippen molar-refractivity contribution < 1.29 is 9.26 Å². The van der Waals surface area contributed by atoms with Gasteiger partial charge >= 0.3 is 0 Å². The van der Waals surface area contributed by atoms with Gasteiger partial charge in [-0.2, -0.15) is 4.98 Å². The summed E-state index contributed by atoms with van der Waals surface area (Å²) in [6.07, 6.45) is 0. The van der Waals surface area contributed by atoms with Crippen molar-refractivity contribution >= 4 is 22.4 Å². The minimum absolute atomic E-state index is 0.159. The predicted molar refractivity (Wildman–Crippen MR) is 110 cm³/mol. The van der Waals surface area contributed by atoms with Crippen molar-refractivity contribution in [2.45, 2.75) is 26.7 Å². The summed E-state index contributed by atoms with van der Waals surface area (Å²) in [6.45, 7) is 6.11. The number of methoxy groups -OCH3 is 1. The predicted octanol–water partition coefficient (Wildman–Crippen LogP) is 5.47. The molecule has 0 unspecified atom stereocenters. The van der Waals surface area contributed by atoms with E-state index in [4.69, 9.17) is 14.2 Å². The Morgan fingerprint density at radius 2 is 1.89 bits per heavy atom. The number of pyridine rings is 1. The maximum Gasteiger partial charge on any atom is 0.229 e. The van der Waals surface area contributed by atoms with E-state index in [1.165, 1.54) is 5.56 Å². The van der Waals surface area contributed by atoms with Crippen molar-refractivity contribution in [3.8, 4) is 17.1 Å². The maximum absolute atomic E-state index is 5.42. The van der Waals surface area contributed by atoms with Crippen LogP contribution in [0.4, 0.5) is 11.5 Å². The first kappa shape index (κ1) is 18.0. The number of aryl methyl sites for hydroxylation is 1. The molecular weight excluding hydrogens is 352 g/mol. The third-order valence-corrected chi connectivity index (χ3v) is 4.48. The third-order valence-electron chi connectivity index (χ3n) is 4.48. The summed E-state index contributed by atoms with van der Waals surface area (Å²) in [5.41, 5.74) is 3.72. The van der Waals surface area contributed by atoms with E-state index in [9.17, 15) is 0 Å². The van der Waals surface area contributed by atoms with Crippen molar-refractivity contribution in [3.63, 3.8) is 0 Å². The summed E-state index contributed by atoms with van der Waals surface area (Å²) < 4.78 is 10.7. The fourth-order valence-corrected chi connectivity index (χ4v) is 2.98. The van der Waals surface area contributed by atoms with Crippen molar-refractivity contribution in [1.82, 2.24) is 15.1 Å². The Labute approximate surface area is 163 Å². The van der Waals surface area contributed by atoms with Gasteiger partial charge in [-0.3, -0.25) is 0 Å². The Morgan fingerprint density at radius 3 is 2.64 bits per heavy atom. The molecule has 0 spiro atoms. The number of aromatic nitrogens is 3. The van der Waals surface area contributed by atoms with Crippen LogP contribution in [-0.4, -0.2) is 22.2 Å². The molecule has 0 fully saturated rings. The topological polar surface area (TPSA) is 73.1 Å². The molecule has 2 aromatic heterocycles. The summed E-state index contributed by atoms with van der Waals surface area (Å²) in [4.78, 5) is 9.39. The molecule has 2 aromatic carbocycles. The highest BCUT2D eigenvalue weighted by Crippen LogP contribution is 2.32. The number of hydrogen-bond acceptors (Lipinski definition) is 6. The fraction of sp³-hybridized carbons (Fsp3) is 0.227. The van der Waals surface area contributed by atoms with Crippen LogP contribution in [0, 0.1) is 6.92 Å². The Bertz CT molecular complexity index is 1130. The molecule has 0 amide bonds. The first-order chi connectivity index (χ1) is 13.5. The second-order valence-electron chi connectivity index (χ2n) is 7.05. The highest BCUT2D eigenvalue weighted by atomic mass is 16.5. The number of anilines is 2. The molecule has 0 saturated heterocycles. The molecule has 0 aliphatic rings. The Hall–Kier alpha value is -3.41. The first-order valence-electron chi connectivity index (χ1n) is 9.20. The fourth-order valence-electron chi connectivity index (χ4n) is 2.98. The number of rotatable bonds is 5. The minimum atomic E-state index is 0.159. The lowest BCUT2D eigenvalue weighted by atomic mass is 10.1. The van der Waals surface area contributed by atoms with E-state index in [0.717, 1.165) is 27.9 Å². The summed E-state index contributed by atoms with van der Waals surface area (Å²) >= 11 is 0. The van der Waals surface area contributed by atoms with Crippen LogP contribution in [0.3, 0.4) is 0 Å². The number of nitrogens with one attached hydrogen (secondary N) is 1. The summed E-state index contributed by atoms with van der Waals surface area (Å²) in [7, 11) is 1.65. The Kier molecular flexibility index (Phi) is 4.69. The Balaban J connectivity index is 1.85. The van der Waals surface area contributed by atoms with Gasteiger partial charge in [0.15, 0.2) is 0 Å². The minimum Gasteiger partial charge on any atom is -0.497 e. The van der Waals surface area contributed by atoms with Gasteiger partial charge in [0.25, 0.3) is 0 Å². The SMILES string of the molecule is COc1cccc(Nc2nc3ccc(C)cc3cc2-c2noc(C(C)C)n2)c1. The van der Waals surface area contributed by atoms with Gasteiger partial charge in [-0.05, 0) is 37.3 Å². The van der Waals surface area contributed by atoms with Gasteiger partial charge in [-0.15, -0.1) is 0 Å². The largest absolute Gasteiger partial charge is 0.497 e. The standard InChI is InChI=1S/C22H22N4O2/c1-13(2)22-25-21(26-28-22)18-11-15-10-14(3)8-9-19(15)24-20(18)23-16-6-5-7-17(12-16)27-4/h5-13H,1-4H3,(H,23,24). The van der Waals surface area contributed by atoms with Gasteiger partial charge < -0.3 is 14.6 Å². The zero-order valence-electron chi connectivity index (χ0n) is 16.4. The van der Waals surface area contributed by atoms with E-state index in [1.54, 1.807) is 7.11 Å². The quantitative estimate of drug-likeness (QED) is 0.499. The molecule has 4 rings (SSSR count). The molecule has 28 heavy (non-hydrogen) atoms. The molecule has 0 saturated carbocycles. The highest BCUT2D eigenvalue weighted by Gasteiger charge is 2.17. The van der Waals surface area contributed by atoms with Crippen molar-refractivity contribution in [2.24, 2.45) is 0 Å². The maximum atomic E-state index is 5.42. The zero-order valence-corrected chi connectivity index (χ0v) is 16.4. The molecule has 6 nitrogen and oxygen atoms in total. The highest BCUT2D eigenvalue weighted by molar-refractivity contribution is 5.89. The smallest absolute Gasteiger partial charge is 0.229 e. The van der Waals surface area contributed by atoms with E-state index >= 15 is 0 Å². The van der Waals surface area contributed by atoms with Gasteiger partial charge in [0.1, 0.15) is 11.6 Å². The van der Waals surface area contributed by atoms with E-state index in [-0.39, 0.29) is 5.92 Å². The number of ether oxygens (including phenoxy) is 1. The van der Waals surface area contributed by atoms with Crippen LogP contribution in [0.2, 0.25) is 0 Å². The van der Waals surface area contributed by atoms with Crippen LogP contribution < -0.4 is 10.1 Å². The lowest BCUT2D eigenvalue weighted by Gasteiger charge is -2.12. The lowest BCUT2D eigenvalue weighted by Crippen LogP contribution is -1.99. The number of fused-ring (bicyclic) bond motifs is 1. The molecule has 1 N–H and O–H groups in total. The second kappa shape index (κ2) is 7.31. The zero-order chi connectivity index (χ0) is 19.7. The first-order valence-corrected chi connectivity index (χ1v) is 9.20. The van der Waals surface area contributed by atoms with E-state index in [2.05, 4.69) is 34.5 Å². The summed E-state index contributed by atoms with van der Waals surface area (Å²) in [5.74, 6) is 2.72. The molecule has 0 atom stereocenters. The van der Waals surface area contributed by atoms with Crippen LogP contribution in [-0.2, 0) is 0 Å². The van der Waals surface area contributed by atoms with E-state index in [0.29, 0.717) is 17.5 Å². The molecule has 6 heteroatoms. The van der Waals surface area contributed by atoms with Gasteiger partial charge in [0.2, 0.25) is 11.7 Å². The molecular formula is C22H22N4O2. The normalized spacial score (nSPS) is 11.2. The van der Waals surface area contributed by atoms with Gasteiger partial charge in [0, 0.05) is 23.1 Å². The van der Waals surface area contributed by atoms with Crippen LogP contribution in [0.5, 0.6) is 5.75 Å². The molecule has 0 aliphatic carbocycles. The van der Waals surface area contributed by atoms with Gasteiger partial charge in [-0.25, -0.2) is 4.98 Å². The average molecular weight is 374 g/mol.